The lowest BCUT2D eigenvalue weighted by Gasteiger charge is -2.11. The van der Waals surface area contributed by atoms with E-state index in [9.17, 15) is 0 Å². The van der Waals surface area contributed by atoms with Crippen LogP contribution in [0.2, 0.25) is 0 Å². The molecule has 0 aromatic carbocycles. The first-order chi connectivity index (χ1) is 9.86. The minimum absolute atomic E-state index is 0.331. The molecule has 2 aromatic rings. The normalized spacial score (nSPS) is 18.4. The molecule has 0 saturated carbocycles. The van der Waals surface area contributed by atoms with E-state index in [0.29, 0.717) is 6.10 Å². The van der Waals surface area contributed by atoms with Gasteiger partial charge in [-0.2, -0.15) is 5.10 Å². The fraction of sp³-hybridized carbons (Fsp3) is 0.467. The van der Waals surface area contributed by atoms with Crippen LogP contribution in [0, 0.1) is 0 Å². The van der Waals surface area contributed by atoms with E-state index in [1.54, 1.807) is 0 Å². The summed E-state index contributed by atoms with van der Waals surface area (Å²) in [4.78, 5) is 4.46. The van der Waals surface area contributed by atoms with E-state index in [0.717, 1.165) is 43.2 Å². The van der Waals surface area contributed by atoms with Gasteiger partial charge >= 0.3 is 0 Å². The Hall–Kier alpha value is -1.88. The predicted molar refractivity (Wildman–Crippen MR) is 78.6 cm³/mol. The largest absolute Gasteiger partial charge is 0.376 e. The molecule has 1 unspecified atom stereocenters. The van der Waals surface area contributed by atoms with Crippen LogP contribution in [0.1, 0.15) is 19.8 Å². The lowest BCUT2D eigenvalue weighted by Crippen LogP contribution is -2.18. The Morgan fingerprint density at radius 1 is 1.40 bits per heavy atom. The second-order valence-corrected chi connectivity index (χ2v) is 4.98. The maximum absolute atomic E-state index is 5.59. The van der Waals surface area contributed by atoms with Gasteiger partial charge in [-0.25, -0.2) is 4.98 Å². The van der Waals surface area contributed by atoms with Gasteiger partial charge in [-0.3, -0.25) is 4.68 Å². The molecular weight excluding hydrogens is 252 g/mol. The number of nitrogens with zero attached hydrogens (tertiary/aromatic N) is 3. The van der Waals surface area contributed by atoms with E-state index >= 15 is 0 Å². The number of ether oxygens (including phenoxy) is 1. The maximum Gasteiger partial charge on any atom is 0.126 e. The van der Waals surface area contributed by atoms with Crippen molar-refractivity contribution in [1.29, 1.82) is 0 Å². The van der Waals surface area contributed by atoms with Crippen LogP contribution in [0.15, 0.2) is 30.6 Å². The Morgan fingerprint density at radius 3 is 3.05 bits per heavy atom. The van der Waals surface area contributed by atoms with Crippen molar-refractivity contribution in [3.63, 3.8) is 0 Å². The van der Waals surface area contributed by atoms with Crippen LogP contribution < -0.4 is 5.32 Å². The van der Waals surface area contributed by atoms with Crippen molar-refractivity contribution >= 4 is 5.82 Å². The molecule has 1 aliphatic rings. The van der Waals surface area contributed by atoms with Gasteiger partial charge in [0.1, 0.15) is 5.82 Å². The molecule has 1 aliphatic heterocycles. The van der Waals surface area contributed by atoms with Gasteiger partial charge in [-0.15, -0.1) is 0 Å². The maximum atomic E-state index is 5.59. The van der Waals surface area contributed by atoms with Crippen LogP contribution in [-0.4, -0.2) is 34.0 Å². The molecular formula is C15H20N4O. The van der Waals surface area contributed by atoms with Crippen molar-refractivity contribution in [2.24, 2.45) is 0 Å². The summed E-state index contributed by atoms with van der Waals surface area (Å²) < 4.78 is 7.55. The second kappa shape index (κ2) is 6.05. The van der Waals surface area contributed by atoms with Crippen LogP contribution in [0.25, 0.3) is 11.3 Å². The number of rotatable bonds is 5. The molecule has 1 atom stereocenters. The first kappa shape index (κ1) is 13.1. The van der Waals surface area contributed by atoms with Crippen LogP contribution >= 0.6 is 0 Å². The average molecular weight is 272 g/mol. The highest BCUT2D eigenvalue weighted by atomic mass is 16.5. The zero-order chi connectivity index (χ0) is 13.8. The molecule has 0 amide bonds. The SMILES string of the molecule is CCn1nccc1-c1ccc(NCC2CCCO2)nc1. The highest BCUT2D eigenvalue weighted by molar-refractivity contribution is 5.59. The molecule has 0 radical (unpaired) electrons. The minimum Gasteiger partial charge on any atom is -0.376 e. The molecule has 3 rings (SSSR count). The molecule has 5 heteroatoms. The zero-order valence-corrected chi connectivity index (χ0v) is 11.7. The van der Waals surface area contributed by atoms with E-state index in [4.69, 9.17) is 4.74 Å². The zero-order valence-electron chi connectivity index (χ0n) is 11.7. The van der Waals surface area contributed by atoms with E-state index in [1.807, 2.05) is 29.2 Å². The molecule has 1 fully saturated rings. The fourth-order valence-corrected chi connectivity index (χ4v) is 2.50. The molecule has 1 N–H and O–H groups in total. The molecule has 0 bridgehead atoms. The molecule has 20 heavy (non-hydrogen) atoms. The van der Waals surface area contributed by atoms with E-state index in [-0.39, 0.29) is 0 Å². The predicted octanol–water partition coefficient (Wildman–Crippen LogP) is 2.56. The van der Waals surface area contributed by atoms with Gasteiger partial charge in [0.15, 0.2) is 0 Å². The Balaban J connectivity index is 1.65. The number of nitrogens with one attached hydrogen (secondary N) is 1. The number of pyridine rings is 1. The van der Waals surface area contributed by atoms with Crippen LogP contribution in [0.4, 0.5) is 5.82 Å². The molecule has 1 saturated heterocycles. The highest BCUT2D eigenvalue weighted by Crippen LogP contribution is 2.19. The van der Waals surface area contributed by atoms with Gasteiger partial charge in [0.2, 0.25) is 0 Å². The summed E-state index contributed by atoms with van der Waals surface area (Å²) in [5.41, 5.74) is 2.19. The van der Waals surface area contributed by atoms with Crippen LogP contribution in [0.5, 0.6) is 0 Å². The minimum atomic E-state index is 0.331. The first-order valence-corrected chi connectivity index (χ1v) is 7.20. The van der Waals surface area contributed by atoms with Crippen molar-refractivity contribution < 1.29 is 4.74 Å². The highest BCUT2D eigenvalue weighted by Gasteiger charge is 2.15. The number of hydrogen-bond donors (Lipinski definition) is 1. The molecule has 3 heterocycles. The summed E-state index contributed by atoms with van der Waals surface area (Å²) in [5.74, 6) is 0.895. The molecule has 106 valence electrons. The van der Waals surface area contributed by atoms with Crippen LogP contribution in [0.3, 0.4) is 0 Å². The fourth-order valence-electron chi connectivity index (χ4n) is 2.50. The third-order valence-electron chi connectivity index (χ3n) is 3.61. The molecule has 0 spiro atoms. The Bertz CT molecular complexity index is 543. The van der Waals surface area contributed by atoms with E-state index in [2.05, 4.69) is 28.4 Å². The number of aryl methyl sites for hydroxylation is 1. The van der Waals surface area contributed by atoms with Crippen molar-refractivity contribution in [2.75, 3.05) is 18.5 Å². The van der Waals surface area contributed by atoms with E-state index in [1.165, 1.54) is 6.42 Å². The molecule has 5 nitrogen and oxygen atoms in total. The van der Waals surface area contributed by atoms with Gasteiger partial charge < -0.3 is 10.1 Å². The summed E-state index contributed by atoms with van der Waals surface area (Å²) in [6.07, 6.45) is 6.35. The van der Waals surface area contributed by atoms with Crippen molar-refractivity contribution in [3.8, 4) is 11.3 Å². The number of aromatic nitrogens is 3. The van der Waals surface area contributed by atoms with Gasteiger partial charge in [0.05, 0.1) is 11.8 Å². The molecule has 2 aromatic heterocycles. The summed E-state index contributed by atoms with van der Waals surface area (Å²) in [7, 11) is 0. The third-order valence-corrected chi connectivity index (χ3v) is 3.61. The Labute approximate surface area is 119 Å². The second-order valence-electron chi connectivity index (χ2n) is 4.98. The summed E-state index contributed by atoms with van der Waals surface area (Å²) in [6, 6.07) is 6.10. The third kappa shape index (κ3) is 2.82. The number of hydrogen-bond acceptors (Lipinski definition) is 4. The summed E-state index contributed by atoms with van der Waals surface area (Å²) in [6.45, 7) is 4.67. The topological polar surface area (TPSA) is 52.0 Å². The Kier molecular flexibility index (Phi) is 3.97. The van der Waals surface area contributed by atoms with Gasteiger partial charge in [-0.1, -0.05) is 0 Å². The van der Waals surface area contributed by atoms with Crippen molar-refractivity contribution in [2.45, 2.75) is 32.4 Å². The quantitative estimate of drug-likeness (QED) is 0.909. The van der Waals surface area contributed by atoms with Crippen LogP contribution in [-0.2, 0) is 11.3 Å². The molecule has 0 aliphatic carbocycles. The van der Waals surface area contributed by atoms with Gasteiger partial charge in [0, 0.05) is 37.7 Å². The summed E-state index contributed by atoms with van der Waals surface area (Å²) >= 11 is 0. The monoisotopic (exact) mass is 272 g/mol. The van der Waals surface area contributed by atoms with E-state index < -0.39 is 0 Å². The number of anilines is 1. The summed E-state index contributed by atoms with van der Waals surface area (Å²) in [5, 5.41) is 7.61. The first-order valence-electron chi connectivity index (χ1n) is 7.20. The average Bonchev–Trinajstić information content (AvgIpc) is 3.16. The lowest BCUT2D eigenvalue weighted by molar-refractivity contribution is 0.120. The standard InChI is InChI=1S/C15H20N4O/c1-2-19-14(7-8-18-19)12-5-6-15(16-10-12)17-11-13-4-3-9-20-13/h5-8,10,13H,2-4,9,11H2,1H3,(H,16,17). The Morgan fingerprint density at radius 2 is 2.35 bits per heavy atom. The lowest BCUT2D eigenvalue weighted by atomic mass is 10.2. The van der Waals surface area contributed by atoms with Gasteiger partial charge in [-0.05, 0) is 38.0 Å². The van der Waals surface area contributed by atoms with Gasteiger partial charge in [0.25, 0.3) is 0 Å². The smallest absolute Gasteiger partial charge is 0.126 e. The van der Waals surface area contributed by atoms with Crippen molar-refractivity contribution in [3.05, 3.63) is 30.6 Å². The van der Waals surface area contributed by atoms with Crippen molar-refractivity contribution in [1.82, 2.24) is 14.8 Å².